The summed E-state index contributed by atoms with van der Waals surface area (Å²) in [6.07, 6.45) is 4.84. The monoisotopic (exact) mass is 240 g/mol. The average molecular weight is 240 g/mol. The predicted molar refractivity (Wildman–Crippen MR) is 46.9 cm³/mol. The van der Waals surface area contributed by atoms with Crippen molar-refractivity contribution in [2.24, 2.45) is 5.92 Å². The molecule has 1 fully saturated rings. The maximum Gasteiger partial charge on any atom is 0.0575 e. The van der Waals surface area contributed by atoms with Gasteiger partial charge in [0.15, 0.2) is 0 Å². The minimum atomic E-state index is 0.00986. The molecule has 0 radical (unpaired) electrons. The van der Waals surface area contributed by atoms with Gasteiger partial charge in [-0.15, -0.1) is 0 Å². The van der Waals surface area contributed by atoms with E-state index in [2.05, 4.69) is 22.6 Å². The van der Waals surface area contributed by atoms with Gasteiger partial charge >= 0.3 is 0 Å². The van der Waals surface area contributed by atoms with Crippen LogP contribution in [0.1, 0.15) is 25.7 Å². The third kappa shape index (κ3) is 2.08. The van der Waals surface area contributed by atoms with Crippen LogP contribution in [0.3, 0.4) is 0 Å². The molecule has 54 valence electrons. The molecule has 0 aromatic carbocycles. The number of halogens is 1. The van der Waals surface area contributed by atoms with Gasteiger partial charge in [-0.1, -0.05) is 35.4 Å². The number of alkyl halides is 1. The lowest BCUT2D eigenvalue weighted by Gasteiger charge is -2.25. The number of aliphatic hydroxyl groups is 1. The van der Waals surface area contributed by atoms with Gasteiger partial charge in [-0.25, -0.2) is 0 Å². The summed E-state index contributed by atoms with van der Waals surface area (Å²) in [5.41, 5.74) is 0. The molecule has 1 aliphatic rings. The SMILES string of the molecule is OC1CCCCC1CI. The van der Waals surface area contributed by atoms with E-state index < -0.39 is 0 Å². The van der Waals surface area contributed by atoms with E-state index in [0.717, 1.165) is 10.8 Å². The lowest BCUT2D eigenvalue weighted by Crippen LogP contribution is -2.25. The van der Waals surface area contributed by atoms with Crippen molar-refractivity contribution in [1.29, 1.82) is 0 Å². The van der Waals surface area contributed by atoms with Crippen molar-refractivity contribution in [3.63, 3.8) is 0 Å². The Morgan fingerprint density at radius 1 is 1.33 bits per heavy atom. The first kappa shape index (κ1) is 7.79. The molecule has 2 atom stereocenters. The van der Waals surface area contributed by atoms with Crippen molar-refractivity contribution in [3.05, 3.63) is 0 Å². The zero-order valence-corrected chi connectivity index (χ0v) is 7.67. The highest BCUT2D eigenvalue weighted by atomic mass is 127. The Morgan fingerprint density at radius 2 is 2.00 bits per heavy atom. The average Bonchev–Trinajstić information content (AvgIpc) is 1.89. The van der Waals surface area contributed by atoms with E-state index in [1.165, 1.54) is 19.3 Å². The molecular formula is C7H13IO. The maximum atomic E-state index is 9.36. The Kier molecular flexibility index (Phi) is 3.26. The molecule has 0 spiro atoms. The topological polar surface area (TPSA) is 20.2 Å². The Bertz CT molecular complexity index is 85.0. The van der Waals surface area contributed by atoms with E-state index in [0.29, 0.717) is 5.92 Å². The summed E-state index contributed by atoms with van der Waals surface area (Å²) >= 11 is 2.36. The fourth-order valence-corrected chi connectivity index (χ4v) is 2.40. The van der Waals surface area contributed by atoms with Gasteiger partial charge in [0.25, 0.3) is 0 Å². The number of rotatable bonds is 1. The van der Waals surface area contributed by atoms with Crippen LogP contribution in [-0.4, -0.2) is 15.6 Å². The molecule has 0 bridgehead atoms. The van der Waals surface area contributed by atoms with Gasteiger partial charge in [-0.2, -0.15) is 0 Å². The second kappa shape index (κ2) is 3.76. The van der Waals surface area contributed by atoms with Gasteiger partial charge < -0.3 is 5.11 Å². The van der Waals surface area contributed by atoms with E-state index in [1.807, 2.05) is 0 Å². The Morgan fingerprint density at radius 3 is 2.44 bits per heavy atom. The van der Waals surface area contributed by atoms with Gasteiger partial charge in [0.2, 0.25) is 0 Å². The van der Waals surface area contributed by atoms with E-state index >= 15 is 0 Å². The molecule has 1 nitrogen and oxygen atoms in total. The minimum absolute atomic E-state index is 0.00986. The van der Waals surface area contributed by atoms with Crippen LogP contribution in [0.2, 0.25) is 0 Å². The van der Waals surface area contributed by atoms with Crippen molar-refractivity contribution in [3.8, 4) is 0 Å². The van der Waals surface area contributed by atoms with Crippen molar-refractivity contribution in [2.75, 3.05) is 4.43 Å². The fraction of sp³-hybridized carbons (Fsp3) is 1.00. The lowest BCUT2D eigenvalue weighted by molar-refractivity contribution is 0.0830. The minimum Gasteiger partial charge on any atom is -0.393 e. The smallest absolute Gasteiger partial charge is 0.0575 e. The molecule has 0 aliphatic heterocycles. The van der Waals surface area contributed by atoms with E-state index in [4.69, 9.17) is 0 Å². The van der Waals surface area contributed by atoms with E-state index in [-0.39, 0.29) is 6.10 Å². The molecule has 0 aromatic rings. The van der Waals surface area contributed by atoms with Crippen molar-refractivity contribution < 1.29 is 5.11 Å². The first-order valence-electron chi connectivity index (χ1n) is 3.58. The highest BCUT2D eigenvalue weighted by molar-refractivity contribution is 14.1. The van der Waals surface area contributed by atoms with Crippen LogP contribution in [0.5, 0.6) is 0 Å². The Labute approximate surface area is 70.0 Å². The highest BCUT2D eigenvalue weighted by Gasteiger charge is 2.20. The molecule has 2 unspecified atom stereocenters. The van der Waals surface area contributed by atoms with Gasteiger partial charge in [-0.05, 0) is 18.8 Å². The summed E-state index contributed by atoms with van der Waals surface area (Å²) in [5, 5.41) is 9.36. The zero-order chi connectivity index (χ0) is 6.69. The highest BCUT2D eigenvalue weighted by Crippen LogP contribution is 2.25. The van der Waals surface area contributed by atoms with Crippen molar-refractivity contribution in [2.45, 2.75) is 31.8 Å². The summed E-state index contributed by atoms with van der Waals surface area (Å²) in [6, 6.07) is 0. The largest absolute Gasteiger partial charge is 0.393 e. The predicted octanol–water partition coefficient (Wildman–Crippen LogP) is 1.97. The Balaban J connectivity index is 2.30. The van der Waals surface area contributed by atoms with Gasteiger partial charge in [-0.3, -0.25) is 0 Å². The second-order valence-electron chi connectivity index (χ2n) is 2.77. The first-order valence-corrected chi connectivity index (χ1v) is 5.11. The summed E-state index contributed by atoms with van der Waals surface area (Å²) < 4.78 is 1.12. The third-order valence-corrected chi connectivity index (χ3v) is 3.20. The standard InChI is InChI=1S/C7H13IO/c8-5-6-3-1-2-4-7(6)9/h6-7,9H,1-5H2. The molecule has 1 N–H and O–H groups in total. The van der Waals surface area contributed by atoms with Gasteiger partial charge in [0.05, 0.1) is 6.10 Å². The van der Waals surface area contributed by atoms with E-state index in [9.17, 15) is 5.11 Å². The van der Waals surface area contributed by atoms with Crippen LogP contribution in [0.4, 0.5) is 0 Å². The van der Waals surface area contributed by atoms with Crippen LogP contribution >= 0.6 is 22.6 Å². The summed E-state index contributed by atoms with van der Waals surface area (Å²) in [4.78, 5) is 0. The van der Waals surface area contributed by atoms with E-state index in [1.54, 1.807) is 0 Å². The molecule has 0 heterocycles. The van der Waals surface area contributed by atoms with Crippen LogP contribution < -0.4 is 0 Å². The quantitative estimate of drug-likeness (QED) is 0.548. The zero-order valence-electron chi connectivity index (χ0n) is 5.52. The normalized spacial score (nSPS) is 36.7. The Hall–Kier alpha value is 0.690. The molecule has 1 aliphatic carbocycles. The van der Waals surface area contributed by atoms with Crippen LogP contribution in [0.25, 0.3) is 0 Å². The molecule has 0 amide bonds. The second-order valence-corrected chi connectivity index (χ2v) is 3.65. The van der Waals surface area contributed by atoms with Gasteiger partial charge in [0.1, 0.15) is 0 Å². The van der Waals surface area contributed by atoms with Crippen molar-refractivity contribution >= 4 is 22.6 Å². The number of hydrogen-bond acceptors (Lipinski definition) is 1. The maximum absolute atomic E-state index is 9.36. The molecule has 1 saturated carbocycles. The fourth-order valence-electron chi connectivity index (χ4n) is 1.37. The van der Waals surface area contributed by atoms with Gasteiger partial charge in [0, 0.05) is 4.43 Å². The molecule has 1 rings (SSSR count). The summed E-state index contributed by atoms with van der Waals surface area (Å²) in [7, 11) is 0. The summed E-state index contributed by atoms with van der Waals surface area (Å²) in [6.45, 7) is 0. The van der Waals surface area contributed by atoms with Crippen LogP contribution in [0, 0.1) is 5.92 Å². The molecule has 2 heteroatoms. The lowest BCUT2D eigenvalue weighted by atomic mass is 9.88. The number of aliphatic hydroxyl groups excluding tert-OH is 1. The number of hydrogen-bond donors (Lipinski definition) is 1. The summed E-state index contributed by atoms with van der Waals surface area (Å²) in [5.74, 6) is 0.597. The molecular weight excluding hydrogens is 227 g/mol. The molecule has 0 aromatic heterocycles. The van der Waals surface area contributed by atoms with Crippen LogP contribution in [0.15, 0.2) is 0 Å². The van der Waals surface area contributed by atoms with Crippen molar-refractivity contribution in [1.82, 2.24) is 0 Å². The third-order valence-electron chi connectivity index (χ3n) is 2.07. The first-order chi connectivity index (χ1) is 4.34. The van der Waals surface area contributed by atoms with Crippen LogP contribution in [-0.2, 0) is 0 Å². The molecule has 0 saturated heterocycles. The molecule has 9 heavy (non-hydrogen) atoms.